The standard InChI is InChI=1S/C51H62N4O4/c1-48(2,3)58-46(56)54-28-50(7,8)25-43(54)41-24-35(27-52-41)30-11-13-31(14-12-30)37-19-18-36(39-22-33-15-17-38(33)45(37)39)32-16-20-40-34(21-32)23-42(53-40)44-26-51(9,10)29-55(44)47(57)59-49(4,5)6/h11-14,16,18-21,24,27,33,38,43-44,52H,15,17,22-23,25-26,28-29H2,1-10H3/t33?,38?,43-,44-/m0/s1. The van der Waals surface area contributed by atoms with Crippen molar-refractivity contribution in [1.82, 2.24) is 14.8 Å². The molecule has 0 bridgehead atoms. The van der Waals surface area contributed by atoms with Crippen LogP contribution in [0.4, 0.5) is 15.3 Å². The Morgan fingerprint density at radius 3 is 1.93 bits per heavy atom. The van der Waals surface area contributed by atoms with E-state index < -0.39 is 11.2 Å². The molecule has 0 radical (unpaired) electrons. The van der Waals surface area contributed by atoms with Gasteiger partial charge in [0, 0.05) is 37.1 Å². The highest BCUT2D eigenvalue weighted by molar-refractivity contribution is 6.00. The molecule has 4 heterocycles. The number of fused-ring (bicyclic) bond motifs is 4. The molecule has 8 nitrogen and oxygen atoms in total. The van der Waals surface area contributed by atoms with Gasteiger partial charge in [-0.15, -0.1) is 0 Å². The first kappa shape index (κ1) is 39.6. The number of amides is 2. The van der Waals surface area contributed by atoms with E-state index in [1.54, 1.807) is 5.56 Å². The maximum absolute atomic E-state index is 13.4. The number of nitrogens with one attached hydrogen (secondary N) is 1. The molecule has 2 saturated heterocycles. The molecule has 1 saturated carbocycles. The second-order valence-corrected chi connectivity index (χ2v) is 21.7. The predicted octanol–water partition coefficient (Wildman–Crippen LogP) is 12.4. The number of carbonyl (C=O) groups is 2. The first-order valence-electron chi connectivity index (χ1n) is 21.9. The Kier molecular flexibility index (Phi) is 9.30. The Bertz CT molecular complexity index is 2350. The van der Waals surface area contributed by atoms with E-state index in [4.69, 9.17) is 14.5 Å². The van der Waals surface area contributed by atoms with Crippen molar-refractivity contribution in [3.8, 4) is 33.4 Å². The van der Waals surface area contributed by atoms with E-state index in [-0.39, 0.29) is 35.1 Å². The van der Waals surface area contributed by atoms with Gasteiger partial charge in [0.2, 0.25) is 0 Å². The van der Waals surface area contributed by atoms with Crippen LogP contribution in [0.3, 0.4) is 0 Å². The smallest absolute Gasteiger partial charge is 0.410 e. The van der Waals surface area contributed by atoms with E-state index in [1.807, 2.05) is 51.3 Å². The average Bonchev–Trinajstić information content (AvgIpc) is 3.95. The topological polar surface area (TPSA) is 87.2 Å². The lowest BCUT2D eigenvalue weighted by Crippen LogP contribution is -2.43. The van der Waals surface area contributed by atoms with Crippen LogP contribution in [0.1, 0.15) is 129 Å². The molecule has 3 aliphatic heterocycles. The third kappa shape index (κ3) is 7.61. The number of hydrogen-bond acceptors (Lipinski definition) is 5. The Labute approximate surface area is 350 Å². The van der Waals surface area contributed by atoms with Gasteiger partial charge in [0.1, 0.15) is 11.2 Å². The van der Waals surface area contributed by atoms with E-state index in [0.717, 1.165) is 59.8 Å². The van der Waals surface area contributed by atoms with Crippen LogP contribution in [0.25, 0.3) is 33.4 Å². The Hall–Kier alpha value is -4.85. The number of aromatic amines is 1. The lowest BCUT2D eigenvalue weighted by molar-refractivity contribution is 0.0207. The Morgan fingerprint density at radius 1 is 0.712 bits per heavy atom. The molecule has 2 aliphatic carbocycles. The summed E-state index contributed by atoms with van der Waals surface area (Å²) in [6, 6.07) is 22.7. The molecular weight excluding hydrogens is 733 g/mol. The molecule has 1 aromatic heterocycles. The first-order valence-corrected chi connectivity index (χ1v) is 21.9. The van der Waals surface area contributed by atoms with Gasteiger partial charge < -0.3 is 14.5 Å². The van der Waals surface area contributed by atoms with Crippen molar-refractivity contribution in [2.24, 2.45) is 21.7 Å². The molecular formula is C51H62N4O4. The second kappa shape index (κ2) is 13.9. The molecule has 2 amide bonds. The van der Waals surface area contributed by atoms with Gasteiger partial charge in [-0.05, 0) is 165 Å². The molecule has 5 aliphatic rings. The highest BCUT2D eigenvalue weighted by Crippen LogP contribution is 2.56. The van der Waals surface area contributed by atoms with Crippen LogP contribution >= 0.6 is 0 Å². The fourth-order valence-corrected chi connectivity index (χ4v) is 10.6. The number of H-pyrrole nitrogens is 1. The molecule has 1 N–H and O–H groups in total. The quantitative estimate of drug-likeness (QED) is 0.218. The highest BCUT2D eigenvalue weighted by Gasteiger charge is 2.46. The number of ether oxygens (including phenoxy) is 2. The number of aromatic nitrogens is 1. The number of carbonyl (C=O) groups excluding carboxylic acids is 2. The van der Waals surface area contributed by atoms with Gasteiger partial charge in [-0.3, -0.25) is 14.8 Å². The van der Waals surface area contributed by atoms with Crippen molar-refractivity contribution < 1.29 is 19.1 Å². The first-order chi connectivity index (χ1) is 27.7. The summed E-state index contributed by atoms with van der Waals surface area (Å²) < 4.78 is 11.7. The fraction of sp³-hybridized carbons (Fsp3) is 0.510. The monoisotopic (exact) mass is 794 g/mol. The molecule has 310 valence electrons. The van der Waals surface area contributed by atoms with Crippen LogP contribution in [0.2, 0.25) is 0 Å². The fourth-order valence-electron chi connectivity index (χ4n) is 10.6. The van der Waals surface area contributed by atoms with E-state index in [2.05, 4.69) is 99.5 Å². The maximum Gasteiger partial charge on any atom is 0.410 e. The lowest BCUT2D eigenvalue weighted by atomic mass is 9.73. The molecule has 4 atom stereocenters. The summed E-state index contributed by atoms with van der Waals surface area (Å²) in [5.74, 6) is 1.33. The molecule has 2 unspecified atom stereocenters. The summed E-state index contributed by atoms with van der Waals surface area (Å²) in [7, 11) is 0. The van der Waals surface area contributed by atoms with Crippen molar-refractivity contribution in [2.75, 3.05) is 13.1 Å². The minimum Gasteiger partial charge on any atom is -0.444 e. The zero-order valence-electron chi connectivity index (χ0n) is 36.8. The predicted molar refractivity (Wildman–Crippen MR) is 236 cm³/mol. The number of aliphatic imine (C=N–C) groups is 1. The molecule has 59 heavy (non-hydrogen) atoms. The number of rotatable bonds is 5. The molecule has 3 fully saturated rings. The molecule has 8 heteroatoms. The van der Waals surface area contributed by atoms with Crippen molar-refractivity contribution in [2.45, 2.75) is 137 Å². The summed E-state index contributed by atoms with van der Waals surface area (Å²) in [4.78, 5) is 39.1. The van der Waals surface area contributed by atoms with Crippen molar-refractivity contribution in [1.29, 1.82) is 0 Å². The van der Waals surface area contributed by atoms with Crippen molar-refractivity contribution >= 4 is 23.6 Å². The van der Waals surface area contributed by atoms with Crippen molar-refractivity contribution in [3.63, 3.8) is 0 Å². The minimum absolute atomic E-state index is 0.00200. The average molecular weight is 795 g/mol. The van der Waals surface area contributed by atoms with Crippen LogP contribution in [-0.4, -0.2) is 63.0 Å². The zero-order valence-corrected chi connectivity index (χ0v) is 36.8. The maximum atomic E-state index is 13.4. The largest absolute Gasteiger partial charge is 0.444 e. The zero-order chi connectivity index (χ0) is 41.8. The minimum atomic E-state index is -0.544. The number of nitrogens with zero attached hydrogens (tertiary/aromatic N) is 3. The van der Waals surface area contributed by atoms with Gasteiger partial charge in [-0.25, -0.2) is 9.59 Å². The summed E-state index contributed by atoms with van der Waals surface area (Å²) in [6.07, 6.45) is 7.77. The molecule has 3 aromatic carbocycles. The van der Waals surface area contributed by atoms with E-state index >= 15 is 0 Å². The third-order valence-corrected chi connectivity index (χ3v) is 13.3. The molecule has 0 spiro atoms. The van der Waals surface area contributed by atoms with Crippen LogP contribution in [-0.2, 0) is 22.3 Å². The Morgan fingerprint density at radius 2 is 1.31 bits per heavy atom. The normalized spacial score (nSPS) is 24.0. The number of hydrogen-bond donors (Lipinski definition) is 1. The van der Waals surface area contributed by atoms with Crippen molar-refractivity contribution in [3.05, 3.63) is 89.2 Å². The summed E-state index contributed by atoms with van der Waals surface area (Å²) >= 11 is 0. The second-order valence-electron chi connectivity index (χ2n) is 21.7. The van der Waals surface area contributed by atoms with E-state index in [9.17, 15) is 9.59 Å². The van der Waals surface area contributed by atoms with Gasteiger partial charge in [-0.1, -0.05) is 70.2 Å². The Balaban J connectivity index is 0.953. The van der Waals surface area contributed by atoms with Gasteiger partial charge >= 0.3 is 12.2 Å². The SMILES string of the molecule is CC1(C)C[C@@H](C2=Nc3ccc(-c4ccc(-c5ccc(-c6c[nH]c([C@@H]7CC(C)(C)CN7C(=O)OC(C)(C)C)c6)cc5)c5c4CC4CCC54)cc3C2)N(C(=O)OC(C)(C)C)C1. The van der Waals surface area contributed by atoms with Gasteiger partial charge in [0.15, 0.2) is 0 Å². The van der Waals surface area contributed by atoms with Gasteiger partial charge in [0.25, 0.3) is 0 Å². The molecule has 4 aromatic rings. The van der Waals surface area contributed by atoms with Crippen LogP contribution in [0.15, 0.2) is 71.9 Å². The van der Waals surface area contributed by atoms with Crippen LogP contribution in [0.5, 0.6) is 0 Å². The summed E-state index contributed by atoms with van der Waals surface area (Å²) in [6.45, 7) is 21.8. The summed E-state index contributed by atoms with van der Waals surface area (Å²) in [5.41, 5.74) is 13.8. The number of benzene rings is 3. The lowest BCUT2D eigenvalue weighted by Gasteiger charge is -2.31. The third-order valence-electron chi connectivity index (χ3n) is 13.3. The highest BCUT2D eigenvalue weighted by atomic mass is 16.6. The summed E-state index contributed by atoms with van der Waals surface area (Å²) in [5, 5.41) is 0. The molecule has 9 rings (SSSR count). The van der Waals surface area contributed by atoms with E-state index in [1.165, 1.54) is 46.2 Å². The van der Waals surface area contributed by atoms with Gasteiger partial charge in [-0.2, -0.15) is 0 Å². The van der Waals surface area contributed by atoms with Gasteiger partial charge in [0.05, 0.1) is 17.8 Å². The van der Waals surface area contributed by atoms with Crippen LogP contribution < -0.4 is 0 Å². The van der Waals surface area contributed by atoms with E-state index in [0.29, 0.717) is 19.0 Å². The number of likely N-dealkylation sites (tertiary alicyclic amines) is 2. The van der Waals surface area contributed by atoms with Crippen LogP contribution in [0, 0.1) is 16.7 Å².